The molecular formula is C20H19N3O4S2. The van der Waals surface area contributed by atoms with Crippen molar-refractivity contribution in [2.75, 3.05) is 17.9 Å². The van der Waals surface area contributed by atoms with E-state index in [1.807, 2.05) is 0 Å². The quantitative estimate of drug-likeness (QED) is 0.602. The molecule has 150 valence electrons. The Labute approximate surface area is 175 Å². The maximum atomic E-state index is 12.2. The highest BCUT2D eigenvalue weighted by Crippen LogP contribution is 2.37. The molecule has 29 heavy (non-hydrogen) atoms. The average Bonchev–Trinajstić information content (AvgIpc) is 3.44. The van der Waals surface area contributed by atoms with E-state index in [9.17, 15) is 4.79 Å². The maximum absolute atomic E-state index is 12.2. The molecule has 1 aliphatic carbocycles. The second-order valence-corrected chi connectivity index (χ2v) is 9.25. The van der Waals surface area contributed by atoms with Gasteiger partial charge in [-0.15, -0.1) is 21.5 Å². The lowest BCUT2D eigenvalue weighted by Gasteiger charge is -2.16. The standard InChI is InChI=1S/C20H19N3O4S2/c1-11-2-5-16-12(6-11)7-17(29-16)19-22-23-20(27-19)28-9-18(24)21-13-3-4-14-15(8-13)26-10-25-14/h3-4,7-8,11H,2,5-6,9-10H2,1H3,(H,21,24)/t11-/m0/s1. The number of nitrogens with one attached hydrogen (secondary N) is 1. The summed E-state index contributed by atoms with van der Waals surface area (Å²) in [5.41, 5.74) is 2.06. The Hall–Kier alpha value is -2.52. The Morgan fingerprint density at radius 3 is 3.10 bits per heavy atom. The molecule has 0 unspecified atom stereocenters. The predicted molar refractivity (Wildman–Crippen MR) is 111 cm³/mol. The topological polar surface area (TPSA) is 86.5 Å². The SMILES string of the molecule is C[C@H]1CCc2sc(-c3nnc(SCC(=O)Nc4ccc5c(c4)OCO5)o3)cc2C1. The Morgan fingerprint density at radius 1 is 1.28 bits per heavy atom. The van der Waals surface area contributed by atoms with Crippen LogP contribution in [0.25, 0.3) is 10.8 Å². The number of carbonyl (C=O) groups excluding carboxylic acids is 1. The highest BCUT2D eigenvalue weighted by atomic mass is 32.2. The van der Waals surface area contributed by atoms with Crippen molar-refractivity contribution in [3.05, 3.63) is 34.7 Å². The Balaban J connectivity index is 1.19. The molecule has 1 aromatic carbocycles. The van der Waals surface area contributed by atoms with E-state index >= 15 is 0 Å². The largest absolute Gasteiger partial charge is 0.454 e. The molecule has 1 atom stereocenters. The van der Waals surface area contributed by atoms with E-state index in [-0.39, 0.29) is 18.5 Å². The second-order valence-electron chi connectivity index (χ2n) is 7.19. The summed E-state index contributed by atoms with van der Waals surface area (Å²) in [6, 6.07) is 7.47. The lowest BCUT2D eigenvalue weighted by Crippen LogP contribution is -2.13. The van der Waals surface area contributed by atoms with Crippen molar-refractivity contribution in [1.82, 2.24) is 10.2 Å². The van der Waals surface area contributed by atoms with E-state index in [4.69, 9.17) is 13.9 Å². The number of hydrogen-bond donors (Lipinski definition) is 1. The van der Waals surface area contributed by atoms with Gasteiger partial charge in [-0.3, -0.25) is 4.79 Å². The van der Waals surface area contributed by atoms with Crippen LogP contribution in [0.2, 0.25) is 0 Å². The van der Waals surface area contributed by atoms with Crippen LogP contribution in [-0.2, 0) is 17.6 Å². The van der Waals surface area contributed by atoms with Crippen molar-refractivity contribution in [2.45, 2.75) is 31.4 Å². The first-order valence-corrected chi connectivity index (χ1v) is 11.2. The first kappa shape index (κ1) is 18.5. The van der Waals surface area contributed by atoms with Gasteiger partial charge in [0.15, 0.2) is 11.5 Å². The van der Waals surface area contributed by atoms with Gasteiger partial charge in [0.2, 0.25) is 12.7 Å². The molecule has 2 aromatic heterocycles. The number of ether oxygens (including phenoxy) is 2. The van der Waals surface area contributed by atoms with Crippen LogP contribution in [0.15, 0.2) is 33.9 Å². The zero-order valence-electron chi connectivity index (χ0n) is 15.8. The normalized spacial score (nSPS) is 17.2. The molecule has 0 bridgehead atoms. The van der Waals surface area contributed by atoms with Gasteiger partial charge in [-0.1, -0.05) is 18.7 Å². The molecule has 7 nitrogen and oxygen atoms in total. The van der Waals surface area contributed by atoms with E-state index in [0.29, 0.717) is 28.3 Å². The summed E-state index contributed by atoms with van der Waals surface area (Å²) >= 11 is 2.95. The van der Waals surface area contributed by atoms with Crippen molar-refractivity contribution in [3.8, 4) is 22.3 Å². The Morgan fingerprint density at radius 2 is 2.17 bits per heavy atom. The minimum absolute atomic E-state index is 0.158. The number of nitrogens with zero attached hydrogens (tertiary/aromatic N) is 2. The van der Waals surface area contributed by atoms with Crippen molar-refractivity contribution in [1.29, 1.82) is 0 Å². The molecule has 0 saturated heterocycles. The minimum Gasteiger partial charge on any atom is -0.454 e. The van der Waals surface area contributed by atoms with Crippen LogP contribution in [0.3, 0.4) is 0 Å². The summed E-state index contributed by atoms with van der Waals surface area (Å²) < 4.78 is 16.4. The van der Waals surface area contributed by atoms with Crippen molar-refractivity contribution >= 4 is 34.7 Å². The number of benzene rings is 1. The molecule has 1 amide bonds. The number of fused-ring (bicyclic) bond motifs is 2. The Bertz CT molecular complexity index is 1060. The van der Waals surface area contributed by atoms with Gasteiger partial charge in [0, 0.05) is 16.6 Å². The van der Waals surface area contributed by atoms with Gasteiger partial charge >= 0.3 is 0 Å². The summed E-state index contributed by atoms with van der Waals surface area (Å²) in [6.07, 6.45) is 3.47. The molecule has 0 fully saturated rings. The molecule has 9 heteroatoms. The minimum atomic E-state index is -0.158. The number of rotatable bonds is 5. The maximum Gasteiger partial charge on any atom is 0.277 e. The number of thioether (sulfide) groups is 1. The summed E-state index contributed by atoms with van der Waals surface area (Å²) in [6.45, 7) is 2.49. The molecule has 0 spiro atoms. The number of thiophene rings is 1. The fraction of sp³-hybridized carbons (Fsp3) is 0.350. The third-order valence-electron chi connectivity index (χ3n) is 4.93. The molecule has 3 heterocycles. The van der Waals surface area contributed by atoms with Gasteiger partial charge < -0.3 is 19.2 Å². The zero-order valence-corrected chi connectivity index (χ0v) is 17.4. The molecule has 3 aromatic rings. The lowest BCUT2D eigenvalue weighted by atomic mass is 9.90. The summed E-state index contributed by atoms with van der Waals surface area (Å²) in [5, 5.41) is 11.5. The fourth-order valence-corrected chi connectivity index (χ4v) is 5.17. The van der Waals surface area contributed by atoms with Crippen LogP contribution in [0.5, 0.6) is 11.5 Å². The number of anilines is 1. The number of carbonyl (C=O) groups is 1. The van der Waals surface area contributed by atoms with Gasteiger partial charge in [-0.05, 0) is 48.9 Å². The van der Waals surface area contributed by atoms with Crippen LogP contribution in [0, 0.1) is 5.92 Å². The monoisotopic (exact) mass is 429 g/mol. The van der Waals surface area contributed by atoms with Gasteiger partial charge in [0.05, 0.1) is 10.6 Å². The zero-order chi connectivity index (χ0) is 19.8. The highest BCUT2D eigenvalue weighted by molar-refractivity contribution is 7.99. The number of amides is 1. The average molecular weight is 430 g/mol. The van der Waals surface area contributed by atoms with E-state index in [1.165, 1.54) is 28.6 Å². The smallest absolute Gasteiger partial charge is 0.277 e. The van der Waals surface area contributed by atoms with Crippen LogP contribution < -0.4 is 14.8 Å². The Kier molecular flexibility index (Phi) is 4.92. The molecule has 0 radical (unpaired) electrons. The van der Waals surface area contributed by atoms with Crippen LogP contribution >= 0.6 is 23.1 Å². The van der Waals surface area contributed by atoms with Gasteiger partial charge in [0.25, 0.3) is 11.1 Å². The van der Waals surface area contributed by atoms with E-state index in [1.54, 1.807) is 29.5 Å². The molecule has 2 aliphatic rings. The third-order valence-corrected chi connectivity index (χ3v) is 6.97. The molecule has 5 rings (SSSR count). The first-order valence-electron chi connectivity index (χ1n) is 9.42. The van der Waals surface area contributed by atoms with Crippen LogP contribution in [0.4, 0.5) is 5.69 Å². The summed E-state index contributed by atoms with van der Waals surface area (Å²) in [4.78, 5) is 14.7. The lowest BCUT2D eigenvalue weighted by molar-refractivity contribution is -0.113. The molecule has 0 saturated carbocycles. The van der Waals surface area contributed by atoms with E-state index in [0.717, 1.165) is 23.6 Å². The van der Waals surface area contributed by atoms with Crippen LogP contribution in [0.1, 0.15) is 23.8 Å². The van der Waals surface area contributed by atoms with Gasteiger partial charge in [-0.2, -0.15) is 0 Å². The molecule has 1 N–H and O–H groups in total. The number of aromatic nitrogens is 2. The molecule has 1 aliphatic heterocycles. The van der Waals surface area contributed by atoms with Crippen molar-refractivity contribution < 1.29 is 18.7 Å². The predicted octanol–water partition coefficient (Wildman–Crippen LogP) is 4.38. The first-order chi connectivity index (χ1) is 14.1. The summed E-state index contributed by atoms with van der Waals surface area (Å²) in [5.74, 6) is 2.58. The second kappa shape index (κ2) is 7.72. The van der Waals surface area contributed by atoms with Gasteiger partial charge in [0.1, 0.15) is 0 Å². The number of aryl methyl sites for hydroxylation is 1. The van der Waals surface area contributed by atoms with Crippen LogP contribution in [-0.4, -0.2) is 28.7 Å². The fourth-order valence-electron chi connectivity index (χ4n) is 3.48. The van der Waals surface area contributed by atoms with E-state index in [2.05, 4.69) is 28.5 Å². The van der Waals surface area contributed by atoms with Crippen molar-refractivity contribution in [2.24, 2.45) is 5.92 Å². The third kappa shape index (κ3) is 3.97. The van der Waals surface area contributed by atoms with Crippen molar-refractivity contribution in [3.63, 3.8) is 0 Å². The highest BCUT2D eigenvalue weighted by Gasteiger charge is 2.21. The van der Waals surface area contributed by atoms with E-state index < -0.39 is 0 Å². The summed E-state index contributed by atoms with van der Waals surface area (Å²) in [7, 11) is 0. The molecular weight excluding hydrogens is 410 g/mol. The van der Waals surface area contributed by atoms with Gasteiger partial charge in [-0.25, -0.2) is 0 Å². The number of hydrogen-bond acceptors (Lipinski definition) is 8.